The molecule has 20 heavy (non-hydrogen) atoms. The van der Waals surface area contributed by atoms with E-state index >= 15 is 0 Å². The van der Waals surface area contributed by atoms with E-state index in [4.69, 9.17) is 0 Å². The molecule has 0 spiro atoms. The van der Waals surface area contributed by atoms with Gasteiger partial charge >= 0.3 is 0 Å². The number of rotatable bonds is 6. The average molecular weight is 272 g/mol. The van der Waals surface area contributed by atoms with E-state index in [1.807, 2.05) is 0 Å². The van der Waals surface area contributed by atoms with Crippen molar-refractivity contribution in [1.29, 1.82) is 0 Å². The van der Waals surface area contributed by atoms with Crippen molar-refractivity contribution in [2.24, 2.45) is 5.92 Å². The molecule has 1 aromatic rings. The lowest BCUT2D eigenvalue weighted by Gasteiger charge is -2.31. The molecule has 0 amide bonds. The third-order valence-corrected chi connectivity index (χ3v) is 4.89. The van der Waals surface area contributed by atoms with Crippen molar-refractivity contribution >= 4 is 0 Å². The number of nitrogens with one attached hydrogen (secondary N) is 1. The lowest BCUT2D eigenvalue weighted by atomic mass is 9.94. The topological polar surface area (TPSA) is 15.3 Å². The number of piperidine rings is 1. The number of hydrogen-bond donors (Lipinski definition) is 1. The molecule has 1 N–H and O–H groups in total. The van der Waals surface area contributed by atoms with Gasteiger partial charge in [0.05, 0.1) is 0 Å². The Balaban J connectivity index is 1.45. The van der Waals surface area contributed by atoms with Gasteiger partial charge in [-0.2, -0.15) is 0 Å². The fourth-order valence-electron chi connectivity index (χ4n) is 3.12. The summed E-state index contributed by atoms with van der Waals surface area (Å²) in [7, 11) is 0. The van der Waals surface area contributed by atoms with Crippen molar-refractivity contribution in [3.05, 3.63) is 35.4 Å². The number of benzene rings is 1. The number of nitrogens with zero attached hydrogens (tertiary/aromatic N) is 1. The smallest absolute Gasteiger partial charge is 0.0233 e. The summed E-state index contributed by atoms with van der Waals surface area (Å²) in [4.78, 5) is 2.61. The minimum atomic E-state index is 0.800. The van der Waals surface area contributed by atoms with Crippen molar-refractivity contribution in [2.45, 2.75) is 58.2 Å². The summed E-state index contributed by atoms with van der Waals surface area (Å²) >= 11 is 0. The van der Waals surface area contributed by atoms with Crippen LogP contribution in [0.3, 0.4) is 0 Å². The highest BCUT2D eigenvalue weighted by molar-refractivity contribution is 5.22. The summed E-state index contributed by atoms with van der Waals surface area (Å²) in [6.07, 6.45) is 6.87. The Morgan fingerprint density at radius 2 is 1.65 bits per heavy atom. The average Bonchev–Trinajstić information content (AvgIpc) is 3.32. The summed E-state index contributed by atoms with van der Waals surface area (Å²) in [5.74, 6) is 0.974. The predicted octanol–water partition coefficient (Wildman–Crippen LogP) is 3.56. The zero-order valence-corrected chi connectivity index (χ0v) is 12.8. The Hall–Kier alpha value is -0.860. The van der Waals surface area contributed by atoms with Crippen LogP contribution in [0.1, 0.15) is 50.2 Å². The third kappa shape index (κ3) is 4.07. The molecule has 2 heteroatoms. The molecule has 0 atom stereocenters. The summed E-state index contributed by atoms with van der Waals surface area (Å²) in [5.41, 5.74) is 2.89. The number of hydrogen-bond acceptors (Lipinski definition) is 2. The summed E-state index contributed by atoms with van der Waals surface area (Å²) < 4.78 is 0. The molecule has 0 unspecified atom stereocenters. The van der Waals surface area contributed by atoms with Gasteiger partial charge in [-0.05, 0) is 55.8 Å². The highest BCUT2D eigenvalue weighted by Gasteiger charge is 2.20. The van der Waals surface area contributed by atoms with Crippen LogP contribution in [0.15, 0.2) is 24.3 Å². The highest BCUT2D eigenvalue weighted by atomic mass is 15.1. The maximum absolute atomic E-state index is 3.57. The van der Waals surface area contributed by atoms with Crippen LogP contribution in [-0.2, 0) is 13.1 Å². The maximum atomic E-state index is 3.57. The van der Waals surface area contributed by atoms with E-state index in [0.717, 1.165) is 25.0 Å². The Kier molecular flexibility index (Phi) is 4.74. The summed E-state index contributed by atoms with van der Waals surface area (Å²) in [6.45, 7) is 7.06. The first kappa shape index (κ1) is 14.1. The van der Waals surface area contributed by atoms with E-state index in [0.29, 0.717) is 0 Å². The van der Waals surface area contributed by atoms with E-state index in [9.17, 15) is 0 Å². The highest BCUT2D eigenvalue weighted by Crippen LogP contribution is 2.22. The Bertz CT molecular complexity index is 400. The standard InChI is InChI=1S/C18H28N2/c1-2-15-9-11-20(12-10-15)14-17-5-3-16(4-6-17)13-19-18-7-8-18/h3-6,15,18-19H,2,7-14H2,1H3. The molecule has 0 radical (unpaired) electrons. The third-order valence-electron chi connectivity index (χ3n) is 4.89. The van der Waals surface area contributed by atoms with Gasteiger partial charge in [0, 0.05) is 19.1 Å². The summed E-state index contributed by atoms with van der Waals surface area (Å²) in [6, 6.07) is 10.0. The van der Waals surface area contributed by atoms with Crippen molar-refractivity contribution in [3.63, 3.8) is 0 Å². The van der Waals surface area contributed by atoms with Gasteiger partial charge in [-0.1, -0.05) is 37.6 Å². The molecule has 1 saturated carbocycles. The molecule has 2 nitrogen and oxygen atoms in total. The zero-order valence-electron chi connectivity index (χ0n) is 12.8. The minimum Gasteiger partial charge on any atom is -0.310 e. The molecule has 2 fully saturated rings. The van der Waals surface area contributed by atoms with Crippen LogP contribution in [0, 0.1) is 5.92 Å². The maximum Gasteiger partial charge on any atom is 0.0233 e. The molecular weight excluding hydrogens is 244 g/mol. The van der Waals surface area contributed by atoms with E-state index in [2.05, 4.69) is 41.4 Å². The quantitative estimate of drug-likeness (QED) is 0.852. The first-order valence-electron chi connectivity index (χ1n) is 8.37. The normalized spacial score (nSPS) is 21.2. The summed E-state index contributed by atoms with van der Waals surface area (Å²) in [5, 5.41) is 3.57. The second kappa shape index (κ2) is 6.73. The van der Waals surface area contributed by atoms with Gasteiger partial charge in [-0.15, -0.1) is 0 Å². The van der Waals surface area contributed by atoms with E-state index in [1.165, 1.54) is 56.3 Å². The largest absolute Gasteiger partial charge is 0.310 e. The molecular formula is C18H28N2. The molecule has 1 saturated heterocycles. The van der Waals surface area contributed by atoms with Gasteiger partial charge in [0.15, 0.2) is 0 Å². The van der Waals surface area contributed by atoms with Gasteiger partial charge in [-0.25, -0.2) is 0 Å². The molecule has 0 bridgehead atoms. The van der Waals surface area contributed by atoms with Crippen LogP contribution in [0.25, 0.3) is 0 Å². The first-order chi connectivity index (χ1) is 9.83. The molecule has 0 aromatic heterocycles. The van der Waals surface area contributed by atoms with Gasteiger partial charge in [0.2, 0.25) is 0 Å². The first-order valence-corrected chi connectivity index (χ1v) is 8.37. The molecule has 3 rings (SSSR count). The van der Waals surface area contributed by atoms with Crippen LogP contribution in [-0.4, -0.2) is 24.0 Å². The second-order valence-electron chi connectivity index (χ2n) is 6.60. The van der Waals surface area contributed by atoms with E-state index < -0.39 is 0 Å². The van der Waals surface area contributed by atoms with Gasteiger partial charge in [0.1, 0.15) is 0 Å². The Labute approximate surface area is 123 Å². The second-order valence-corrected chi connectivity index (χ2v) is 6.60. The lowest BCUT2D eigenvalue weighted by molar-refractivity contribution is 0.175. The molecule has 1 aliphatic heterocycles. The predicted molar refractivity (Wildman–Crippen MR) is 84.6 cm³/mol. The van der Waals surface area contributed by atoms with Crippen LogP contribution in [0.2, 0.25) is 0 Å². The molecule has 2 aliphatic rings. The SMILES string of the molecule is CCC1CCN(Cc2ccc(CNC3CC3)cc2)CC1. The fourth-order valence-corrected chi connectivity index (χ4v) is 3.12. The molecule has 110 valence electrons. The van der Waals surface area contributed by atoms with Crippen LogP contribution >= 0.6 is 0 Å². The molecule has 1 aliphatic carbocycles. The minimum absolute atomic E-state index is 0.800. The van der Waals surface area contributed by atoms with Gasteiger partial charge in [-0.3, -0.25) is 4.90 Å². The molecule has 1 heterocycles. The Morgan fingerprint density at radius 3 is 2.25 bits per heavy atom. The van der Waals surface area contributed by atoms with Crippen LogP contribution in [0.4, 0.5) is 0 Å². The van der Waals surface area contributed by atoms with Crippen molar-refractivity contribution in [2.75, 3.05) is 13.1 Å². The van der Waals surface area contributed by atoms with E-state index in [1.54, 1.807) is 0 Å². The van der Waals surface area contributed by atoms with Gasteiger partial charge in [0.25, 0.3) is 0 Å². The zero-order chi connectivity index (χ0) is 13.8. The van der Waals surface area contributed by atoms with E-state index in [-0.39, 0.29) is 0 Å². The number of likely N-dealkylation sites (tertiary alicyclic amines) is 1. The van der Waals surface area contributed by atoms with Crippen LogP contribution in [0.5, 0.6) is 0 Å². The van der Waals surface area contributed by atoms with Crippen molar-refractivity contribution < 1.29 is 0 Å². The monoisotopic (exact) mass is 272 g/mol. The van der Waals surface area contributed by atoms with Crippen LogP contribution < -0.4 is 5.32 Å². The Morgan fingerprint density at radius 1 is 1.00 bits per heavy atom. The molecule has 1 aromatic carbocycles. The van der Waals surface area contributed by atoms with Gasteiger partial charge < -0.3 is 5.32 Å². The fraction of sp³-hybridized carbons (Fsp3) is 0.667. The lowest BCUT2D eigenvalue weighted by Crippen LogP contribution is -2.32. The van der Waals surface area contributed by atoms with Crippen molar-refractivity contribution in [1.82, 2.24) is 10.2 Å². The van der Waals surface area contributed by atoms with Crippen molar-refractivity contribution in [3.8, 4) is 0 Å².